The van der Waals surface area contributed by atoms with Crippen LogP contribution in [-0.4, -0.2) is 87.4 Å². The minimum Gasteiger partial charge on any atom is -0.477 e. The maximum absolute atomic E-state index is 12.5. The van der Waals surface area contributed by atoms with Crippen LogP contribution in [0, 0.1) is 0 Å². The van der Waals surface area contributed by atoms with Crippen molar-refractivity contribution < 1.29 is 42.9 Å². The van der Waals surface area contributed by atoms with Crippen molar-refractivity contribution in [1.29, 1.82) is 0 Å². The minimum absolute atomic E-state index is 0.0259. The topological polar surface area (TPSA) is 108 Å². The Bertz CT molecular complexity index is 946. The van der Waals surface area contributed by atoms with Crippen LogP contribution in [-0.2, 0) is 33.3 Å². The van der Waals surface area contributed by atoms with E-state index in [0.29, 0.717) is 17.4 Å². The summed E-state index contributed by atoms with van der Waals surface area (Å²) in [6, 6.07) is 0. The fourth-order valence-corrected chi connectivity index (χ4v) is 3.91. The Balaban J connectivity index is 4.75. The molecule has 9 heteroatoms. The lowest BCUT2D eigenvalue weighted by Gasteiger charge is -2.25. The number of ether oxygens (including phenoxy) is 4. The van der Waals surface area contributed by atoms with E-state index in [9.17, 15) is 19.5 Å². The van der Waals surface area contributed by atoms with Gasteiger partial charge in [0.2, 0.25) is 0 Å². The lowest BCUT2D eigenvalue weighted by Crippen LogP contribution is -2.40. The zero-order valence-electron chi connectivity index (χ0n) is 29.2. The van der Waals surface area contributed by atoms with Gasteiger partial charge in [0.15, 0.2) is 6.10 Å². The Labute approximate surface area is 278 Å². The van der Waals surface area contributed by atoms with Crippen molar-refractivity contribution in [2.75, 3.05) is 47.5 Å². The zero-order chi connectivity index (χ0) is 34.3. The largest absolute Gasteiger partial charge is 0.477 e. The number of nitrogens with zero attached hydrogens (tertiary/aromatic N) is 1. The van der Waals surface area contributed by atoms with Crippen LogP contribution in [0.4, 0.5) is 0 Å². The molecule has 0 aromatic carbocycles. The van der Waals surface area contributed by atoms with E-state index in [1.165, 1.54) is 6.42 Å². The van der Waals surface area contributed by atoms with Gasteiger partial charge in [-0.05, 0) is 38.5 Å². The highest BCUT2D eigenvalue weighted by molar-refractivity contribution is 5.72. The highest BCUT2D eigenvalue weighted by atomic mass is 16.7. The number of carbonyl (C=O) groups excluding carboxylic acids is 2. The normalized spacial score (nSPS) is 13.8. The molecule has 0 aliphatic heterocycles. The quantitative estimate of drug-likeness (QED) is 0.0292. The Morgan fingerprint density at radius 2 is 1.22 bits per heavy atom. The molecule has 0 saturated carbocycles. The Morgan fingerprint density at radius 3 is 1.76 bits per heavy atom. The summed E-state index contributed by atoms with van der Waals surface area (Å²) in [5.74, 6) is -2.20. The zero-order valence-corrected chi connectivity index (χ0v) is 29.2. The number of carboxylic acids is 1. The van der Waals surface area contributed by atoms with Crippen molar-refractivity contribution in [2.24, 2.45) is 0 Å². The fraction of sp³-hybridized carbons (Fsp3) is 0.649. The number of allylic oxidation sites excluding steroid dienone is 9. The number of carboxylic acid groups (broad SMARTS) is 1. The molecule has 0 saturated heterocycles. The lowest BCUT2D eigenvalue weighted by atomic mass is 10.1. The average molecular weight is 649 g/mol. The van der Waals surface area contributed by atoms with Gasteiger partial charge in [-0.1, -0.05) is 107 Å². The Hall–Kier alpha value is -3.01. The number of rotatable bonds is 29. The van der Waals surface area contributed by atoms with Crippen molar-refractivity contribution >= 4 is 17.9 Å². The van der Waals surface area contributed by atoms with Gasteiger partial charge < -0.3 is 28.5 Å². The van der Waals surface area contributed by atoms with Crippen molar-refractivity contribution in [1.82, 2.24) is 0 Å². The molecule has 0 aliphatic carbocycles. The lowest BCUT2D eigenvalue weighted by molar-refractivity contribution is -0.870. The van der Waals surface area contributed by atoms with Gasteiger partial charge in [-0.15, -0.1) is 0 Å². The molecule has 2 unspecified atom stereocenters. The summed E-state index contributed by atoms with van der Waals surface area (Å²) in [5.41, 5.74) is 0. The molecule has 262 valence electrons. The second kappa shape index (κ2) is 29.4. The molecule has 0 aliphatic rings. The first-order valence-electron chi connectivity index (χ1n) is 17.0. The smallest absolute Gasteiger partial charge is 0.361 e. The summed E-state index contributed by atoms with van der Waals surface area (Å²) in [7, 11) is 5.89. The number of carbonyl (C=O) groups is 3. The summed E-state index contributed by atoms with van der Waals surface area (Å²) >= 11 is 0. The summed E-state index contributed by atoms with van der Waals surface area (Å²) < 4.78 is 22.3. The number of likely N-dealkylation sites (N-methyl/N-ethyl adjacent to an activating group) is 1. The Kier molecular flexibility index (Phi) is 27.5. The van der Waals surface area contributed by atoms with Gasteiger partial charge >= 0.3 is 17.9 Å². The monoisotopic (exact) mass is 648 g/mol. The SMILES string of the molecule is CC/C=C\C/C=C\C/C=C\C/C=C\C/C=C\CC(=O)OC(COC(=O)CCCCCCCC)COC(OCC[N+](C)(C)C)C(=O)O. The van der Waals surface area contributed by atoms with Crippen LogP contribution >= 0.6 is 0 Å². The molecule has 0 amide bonds. The number of quaternary nitrogens is 1. The third-order valence-corrected chi connectivity index (χ3v) is 6.57. The van der Waals surface area contributed by atoms with Crippen LogP contribution in [0.2, 0.25) is 0 Å². The molecule has 0 aromatic rings. The number of hydrogen-bond donors (Lipinski definition) is 1. The summed E-state index contributed by atoms with van der Waals surface area (Å²) in [5, 5.41) is 9.52. The second-order valence-electron chi connectivity index (χ2n) is 12.1. The number of unbranched alkanes of at least 4 members (excludes halogenated alkanes) is 5. The first kappa shape index (κ1) is 43.0. The fourth-order valence-electron chi connectivity index (χ4n) is 3.91. The first-order chi connectivity index (χ1) is 22.1. The van der Waals surface area contributed by atoms with E-state index in [1.807, 2.05) is 33.3 Å². The van der Waals surface area contributed by atoms with E-state index in [-0.39, 0.29) is 38.6 Å². The number of aliphatic carboxylic acids is 1. The van der Waals surface area contributed by atoms with E-state index >= 15 is 0 Å². The molecule has 0 spiro atoms. The Morgan fingerprint density at radius 1 is 0.674 bits per heavy atom. The molecule has 0 heterocycles. The van der Waals surface area contributed by atoms with E-state index in [2.05, 4.69) is 56.4 Å². The van der Waals surface area contributed by atoms with E-state index in [1.54, 1.807) is 6.08 Å². The first-order valence-corrected chi connectivity index (χ1v) is 17.0. The van der Waals surface area contributed by atoms with Gasteiger partial charge in [-0.3, -0.25) is 9.59 Å². The molecule has 0 radical (unpaired) electrons. The molecule has 0 fully saturated rings. The summed E-state index contributed by atoms with van der Waals surface area (Å²) in [6.45, 7) is 4.52. The van der Waals surface area contributed by atoms with Crippen LogP contribution in [0.5, 0.6) is 0 Å². The molecular weight excluding hydrogens is 586 g/mol. The highest BCUT2D eigenvalue weighted by Crippen LogP contribution is 2.09. The predicted octanol–water partition coefficient (Wildman–Crippen LogP) is 7.48. The van der Waals surface area contributed by atoms with Gasteiger partial charge in [0.25, 0.3) is 6.29 Å². The average Bonchev–Trinajstić information content (AvgIpc) is 3.00. The highest BCUT2D eigenvalue weighted by Gasteiger charge is 2.24. The van der Waals surface area contributed by atoms with Crippen LogP contribution in [0.3, 0.4) is 0 Å². The van der Waals surface area contributed by atoms with Gasteiger partial charge in [-0.2, -0.15) is 0 Å². The van der Waals surface area contributed by atoms with Crippen molar-refractivity contribution in [3.05, 3.63) is 60.8 Å². The van der Waals surface area contributed by atoms with Crippen LogP contribution in [0.25, 0.3) is 0 Å². The molecular formula is C37H62NO8+. The minimum atomic E-state index is -1.53. The number of esters is 2. The van der Waals surface area contributed by atoms with E-state index in [4.69, 9.17) is 18.9 Å². The van der Waals surface area contributed by atoms with Crippen LogP contribution < -0.4 is 0 Å². The van der Waals surface area contributed by atoms with E-state index in [0.717, 1.165) is 57.8 Å². The molecule has 9 nitrogen and oxygen atoms in total. The van der Waals surface area contributed by atoms with Crippen molar-refractivity contribution in [3.63, 3.8) is 0 Å². The second-order valence-corrected chi connectivity index (χ2v) is 12.1. The van der Waals surface area contributed by atoms with E-state index < -0.39 is 24.3 Å². The number of hydrogen-bond acceptors (Lipinski definition) is 7. The molecule has 1 N–H and O–H groups in total. The van der Waals surface area contributed by atoms with Crippen molar-refractivity contribution in [2.45, 2.75) is 110 Å². The summed E-state index contributed by atoms with van der Waals surface area (Å²) in [4.78, 5) is 36.5. The predicted molar refractivity (Wildman–Crippen MR) is 184 cm³/mol. The third kappa shape index (κ3) is 29.7. The standard InChI is InChI=1S/C37H61NO8/c1-6-8-10-12-14-15-16-17-18-19-20-21-22-24-26-28-35(40)46-33(31-44-34(39)27-25-23-13-11-9-7-2)32-45-37(36(41)42)43-30-29-38(3,4)5/h8,10,14-15,17-18,20-21,24,26,33,37H,6-7,9,11-13,16,19,22-23,25,27-32H2,1-5H3/p+1/b10-8-,15-14-,18-17-,21-20-,26-24-. The van der Waals surface area contributed by atoms with Crippen molar-refractivity contribution in [3.8, 4) is 0 Å². The van der Waals surface area contributed by atoms with Crippen LogP contribution in [0.1, 0.15) is 97.3 Å². The molecule has 2 atom stereocenters. The maximum Gasteiger partial charge on any atom is 0.361 e. The van der Waals surface area contributed by atoms with Gasteiger partial charge in [0.05, 0.1) is 40.8 Å². The summed E-state index contributed by atoms with van der Waals surface area (Å²) in [6.07, 6.45) is 29.2. The van der Waals surface area contributed by atoms with Crippen LogP contribution in [0.15, 0.2) is 60.8 Å². The van der Waals surface area contributed by atoms with Gasteiger partial charge in [0, 0.05) is 6.42 Å². The molecule has 46 heavy (non-hydrogen) atoms. The molecule has 0 bridgehead atoms. The third-order valence-electron chi connectivity index (χ3n) is 6.57. The van der Waals surface area contributed by atoms with Gasteiger partial charge in [-0.25, -0.2) is 4.79 Å². The molecule has 0 aromatic heterocycles. The molecule has 0 rings (SSSR count). The maximum atomic E-state index is 12.5. The van der Waals surface area contributed by atoms with Gasteiger partial charge in [0.1, 0.15) is 13.2 Å².